The van der Waals surface area contributed by atoms with E-state index in [4.69, 9.17) is 4.74 Å². The number of ether oxygens (including phenoxy) is 1. The molecule has 0 atom stereocenters. The molecule has 0 N–H and O–H groups in total. The van der Waals surface area contributed by atoms with Crippen molar-refractivity contribution in [1.29, 1.82) is 0 Å². The van der Waals surface area contributed by atoms with Gasteiger partial charge in [0.1, 0.15) is 0 Å². The molecule has 0 unspecified atom stereocenters. The lowest BCUT2D eigenvalue weighted by Crippen LogP contribution is -2.40. The van der Waals surface area contributed by atoms with Crippen LogP contribution in [0, 0.1) is 5.41 Å². The Morgan fingerprint density at radius 2 is 1.95 bits per heavy atom. The van der Waals surface area contributed by atoms with Crippen LogP contribution in [0.25, 0.3) is 10.1 Å². The monoisotopic (exact) mass is 293 g/mol. The number of carbonyl (C=O) groups is 1. The minimum Gasteiger partial charge on any atom is -0.469 e. The van der Waals surface area contributed by atoms with Crippen LogP contribution in [0.4, 0.5) is 0 Å². The smallest absolute Gasteiger partial charge is 0.313 e. The summed E-state index contributed by atoms with van der Waals surface area (Å²) in [6.45, 7) is 3.29. The Bertz CT molecular complexity index is 773. The summed E-state index contributed by atoms with van der Waals surface area (Å²) in [6.07, 6.45) is 0. The number of fused-ring (bicyclic) bond motifs is 1. The van der Waals surface area contributed by atoms with Crippen molar-refractivity contribution in [2.24, 2.45) is 5.41 Å². The lowest BCUT2D eigenvalue weighted by atomic mass is 9.93. The van der Waals surface area contributed by atoms with Gasteiger partial charge in [-0.05, 0) is 26.0 Å². The molecule has 0 spiro atoms. The first kappa shape index (κ1) is 14.5. The molecule has 0 radical (unpaired) electrons. The molecule has 0 aliphatic heterocycles. The maximum atomic E-state index is 12.4. The van der Waals surface area contributed by atoms with E-state index >= 15 is 0 Å². The number of carbonyl (C=O) groups excluding carboxylic acids is 1. The molecule has 0 fully saturated rings. The van der Waals surface area contributed by atoms with E-state index < -0.39 is 11.4 Å². The second-order valence-corrected chi connectivity index (χ2v) is 6.12. The molecular weight excluding hydrogens is 278 g/mol. The second kappa shape index (κ2) is 5.20. The lowest BCUT2D eigenvalue weighted by molar-refractivity contribution is -0.151. The second-order valence-electron chi connectivity index (χ2n) is 5.13. The Morgan fingerprint density at radius 1 is 1.30 bits per heavy atom. The largest absolute Gasteiger partial charge is 0.469 e. The van der Waals surface area contributed by atoms with Gasteiger partial charge in [-0.25, -0.2) is 0 Å². The summed E-state index contributed by atoms with van der Waals surface area (Å²) in [6, 6.07) is 6.94. The summed E-state index contributed by atoms with van der Waals surface area (Å²) >= 11 is 0.998. The van der Waals surface area contributed by atoms with Gasteiger partial charge in [-0.1, -0.05) is 23.5 Å². The van der Waals surface area contributed by atoms with Gasteiger partial charge < -0.3 is 4.74 Å². The molecule has 5 nitrogen and oxygen atoms in total. The van der Waals surface area contributed by atoms with E-state index in [-0.39, 0.29) is 17.0 Å². The van der Waals surface area contributed by atoms with E-state index in [1.807, 2.05) is 0 Å². The van der Waals surface area contributed by atoms with Gasteiger partial charge in [0.05, 0.1) is 17.9 Å². The average Bonchev–Trinajstić information content (AvgIpc) is 2.42. The van der Waals surface area contributed by atoms with Crippen LogP contribution in [0.5, 0.6) is 0 Å². The SMILES string of the molecule is COC(=O)C(C)(C)Cn1c(=O)sc2ccccc2c1=O. The van der Waals surface area contributed by atoms with Crippen LogP contribution in [-0.2, 0) is 16.1 Å². The molecule has 106 valence electrons. The van der Waals surface area contributed by atoms with Crippen molar-refractivity contribution >= 4 is 27.4 Å². The third-order valence-corrected chi connectivity index (χ3v) is 4.04. The van der Waals surface area contributed by atoms with E-state index in [9.17, 15) is 14.4 Å². The van der Waals surface area contributed by atoms with Crippen LogP contribution in [0.1, 0.15) is 13.8 Å². The number of methoxy groups -OCH3 is 1. The van der Waals surface area contributed by atoms with E-state index in [0.717, 1.165) is 15.9 Å². The van der Waals surface area contributed by atoms with E-state index in [1.165, 1.54) is 7.11 Å². The molecule has 0 aliphatic rings. The molecule has 2 rings (SSSR count). The number of hydrogen-bond acceptors (Lipinski definition) is 5. The van der Waals surface area contributed by atoms with E-state index in [2.05, 4.69) is 0 Å². The molecular formula is C14H15NO4S. The molecule has 0 bridgehead atoms. The minimum absolute atomic E-state index is 0.00132. The summed E-state index contributed by atoms with van der Waals surface area (Å²) in [5.41, 5.74) is -1.31. The Morgan fingerprint density at radius 3 is 2.60 bits per heavy atom. The van der Waals surface area contributed by atoms with Crippen LogP contribution in [0.2, 0.25) is 0 Å². The van der Waals surface area contributed by atoms with Crippen molar-refractivity contribution < 1.29 is 9.53 Å². The Hall–Kier alpha value is -1.95. The highest BCUT2D eigenvalue weighted by Gasteiger charge is 2.30. The Labute approximate surface area is 119 Å². The summed E-state index contributed by atoms with van der Waals surface area (Å²) in [5.74, 6) is -0.457. The highest BCUT2D eigenvalue weighted by Crippen LogP contribution is 2.19. The third-order valence-electron chi connectivity index (χ3n) is 3.07. The van der Waals surface area contributed by atoms with Gasteiger partial charge in [-0.2, -0.15) is 0 Å². The highest BCUT2D eigenvalue weighted by atomic mass is 32.1. The minimum atomic E-state index is -0.938. The van der Waals surface area contributed by atoms with Crippen molar-refractivity contribution in [3.63, 3.8) is 0 Å². The van der Waals surface area contributed by atoms with Gasteiger partial charge in [-0.3, -0.25) is 19.0 Å². The molecule has 1 heterocycles. The molecule has 1 aromatic heterocycles. The first-order chi connectivity index (χ1) is 9.36. The normalized spacial score (nSPS) is 11.6. The number of nitrogens with zero attached hydrogens (tertiary/aromatic N) is 1. The number of aromatic nitrogens is 1. The predicted molar refractivity (Wildman–Crippen MR) is 78.2 cm³/mol. The summed E-state index contributed by atoms with van der Waals surface area (Å²) in [7, 11) is 1.29. The van der Waals surface area contributed by atoms with Gasteiger partial charge in [0.2, 0.25) is 0 Å². The first-order valence-electron chi connectivity index (χ1n) is 6.08. The zero-order valence-corrected chi connectivity index (χ0v) is 12.3. The average molecular weight is 293 g/mol. The maximum Gasteiger partial charge on any atom is 0.313 e. The van der Waals surface area contributed by atoms with Gasteiger partial charge >= 0.3 is 10.8 Å². The van der Waals surface area contributed by atoms with E-state index in [0.29, 0.717) is 10.1 Å². The highest BCUT2D eigenvalue weighted by molar-refractivity contribution is 7.16. The van der Waals surface area contributed by atoms with Crippen LogP contribution < -0.4 is 10.4 Å². The van der Waals surface area contributed by atoms with Gasteiger partial charge in [0, 0.05) is 11.2 Å². The summed E-state index contributed by atoms with van der Waals surface area (Å²) in [4.78, 5) is 35.7. The standard InChI is InChI=1S/C14H15NO4S/c1-14(2,12(17)19-3)8-15-11(16)9-6-4-5-7-10(9)20-13(15)18/h4-7H,8H2,1-3H3. The van der Waals surface area contributed by atoms with Gasteiger partial charge in [-0.15, -0.1) is 0 Å². The van der Waals surface area contributed by atoms with Crippen LogP contribution in [0.3, 0.4) is 0 Å². The Kier molecular flexibility index (Phi) is 3.76. The van der Waals surface area contributed by atoms with Crippen LogP contribution in [-0.4, -0.2) is 17.6 Å². The van der Waals surface area contributed by atoms with Gasteiger partial charge in [0.25, 0.3) is 5.56 Å². The molecule has 2 aromatic rings. The predicted octanol–water partition coefficient (Wildman–Crippen LogP) is 1.62. The summed E-state index contributed by atoms with van der Waals surface area (Å²) < 4.78 is 6.45. The van der Waals surface area contributed by atoms with Gasteiger partial charge in [0.15, 0.2) is 0 Å². The Balaban J connectivity index is 2.59. The van der Waals surface area contributed by atoms with Crippen molar-refractivity contribution in [1.82, 2.24) is 4.57 Å². The lowest BCUT2D eigenvalue weighted by Gasteiger charge is -2.21. The summed E-state index contributed by atoms with van der Waals surface area (Å²) in [5, 5.41) is 0.484. The molecule has 0 saturated heterocycles. The number of rotatable bonds is 3. The zero-order chi connectivity index (χ0) is 14.9. The first-order valence-corrected chi connectivity index (χ1v) is 6.89. The molecule has 0 aliphatic carbocycles. The van der Waals surface area contributed by atoms with Crippen LogP contribution >= 0.6 is 11.3 Å². The molecule has 0 amide bonds. The molecule has 6 heteroatoms. The maximum absolute atomic E-state index is 12.4. The topological polar surface area (TPSA) is 65.4 Å². The fourth-order valence-corrected chi connectivity index (χ4v) is 2.84. The zero-order valence-electron chi connectivity index (χ0n) is 11.5. The van der Waals surface area contributed by atoms with Crippen molar-refractivity contribution in [2.75, 3.05) is 7.11 Å². The molecule has 1 aromatic carbocycles. The fourth-order valence-electron chi connectivity index (χ4n) is 1.98. The fraction of sp³-hybridized carbons (Fsp3) is 0.357. The van der Waals surface area contributed by atoms with Crippen molar-refractivity contribution in [3.8, 4) is 0 Å². The molecule has 0 saturated carbocycles. The number of esters is 1. The molecule has 20 heavy (non-hydrogen) atoms. The number of benzene rings is 1. The number of hydrogen-bond donors (Lipinski definition) is 0. The van der Waals surface area contributed by atoms with E-state index in [1.54, 1.807) is 38.1 Å². The third kappa shape index (κ3) is 2.51. The van der Waals surface area contributed by atoms with Crippen molar-refractivity contribution in [3.05, 3.63) is 44.3 Å². The van der Waals surface area contributed by atoms with Crippen LogP contribution in [0.15, 0.2) is 33.9 Å². The van der Waals surface area contributed by atoms with Crippen molar-refractivity contribution in [2.45, 2.75) is 20.4 Å². The quantitative estimate of drug-likeness (QED) is 0.807.